The fourth-order valence-electron chi connectivity index (χ4n) is 5.33. The maximum Gasteiger partial charge on any atom is 0.350 e. The molecule has 240 valence electrons. The molecule has 4 heterocycles. The Morgan fingerprint density at radius 2 is 1.64 bits per heavy atom. The average Bonchev–Trinajstić information content (AvgIpc) is 3.41. The van der Waals surface area contributed by atoms with Gasteiger partial charge in [-0.3, -0.25) is 10.1 Å². The first-order chi connectivity index (χ1) is 21.7. The van der Waals surface area contributed by atoms with Crippen molar-refractivity contribution in [2.75, 3.05) is 54.9 Å². The van der Waals surface area contributed by atoms with Crippen molar-refractivity contribution in [3.8, 4) is 11.3 Å². The van der Waals surface area contributed by atoms with E-state index in [1.165, 1.54) is 11.3 Å². The second-order valence-electron chi connectivity index (χ2n) is 11.0. The normalized spacial score (nSPS) is 15.9. The van der Waals surface area contributed by atoms with Crippen molar-refractivity contribution in [2.45, 2.75) is 52.6 Å². The number of carbonyl (C=O) groups excluding carboxylic acids is 3. The number of nitrogens with one attached hydrogen (secondary N) is 2. The topological polar surface area (TPSA) is 159 Å². The van der Waals surface area contributed by atoms with Crippen molar-refractivity contribution in [3.05, 3.63) is 40.9 Å². The Hall–Kier alpha value is -4.30. The van der Waals surface area contributed by atoms with E-state index < -0.39 is 5.97 Å². The second kappa shape index (κ2) is 14.7. The van der Waals surface area contributed by atoms with Crippen LogP contribution in [-0.4, -0.2) is 88.4 Å². The number of rotatable bonds is 9. The van der Waals surface area contributed by atoms with Gasteiger partial charge in [-0.1, -0.05) is 23.5 Å². The SMILES string of the molecule is CCOC(=O)c1sc(Nc2nc(-c3ccc(NC(=O)N4CCC(C(=O)OCC)CC4)cc3)cc(N3CCC(O)CC3)n2)nc1C. The number of hydrogen-bond acceptors (Lipinski definition) is 12. The molecule has 2 fully saturated rings. The number of aryl methyl sites for hydroxylation is 1. The summed E-state index contributed by atoms with van der Waals surface area (Å²) in [6.07, 6.45) is 2.12. The highest BCUT2D eigenvalue weighted by atomic mass is 32.1. The fourth-order valence-corrected chi connectivity index (χ4v) is 6.19. The van der Waals surface area contributed by atoms with Gasteiger partial charge in [-0.2, -0.15) is 4.98 Å². The molecular weight excluding hydrogens is 598 g/mol. The molecule has 14 heteroatoms. The predicted molar refractivity (Wildman–Crippen MR) is 171 cm³/mol. The summed E-state index contributed by atoms with van der Waals surface area (Å²) in [6.45, 7) is 8.21. The van der Waals surface area contributed by atoms with Crippen LogP contribution in [0.3, 0.4) is 0 Å². The van der Waals surface area contributed by atoms with E-state index in [1.54, 1.807) is 25.7 Å². The summed E-state index contributed by atoms with van der Waals surface area (Å²) < 4.78 is 10.3. The molecule has 3 N–H and O–H groups in total. The van der Waals surface area contributed by atoms with Crippen molar-refractivity contribution in [2.24, 2.45) is 5.92 Å². The second-order valence-corrected chi connectivity index (χ2v) is 12.0. The van der Waals surface area contributed by atoms with Gasteiger partial charge in [0.1, 0.15) is 10.7 Å². The van der Waals surface area contributed by atoms with Crippen molar-refractivity contribution in [1.82, 2.24) is 19.9 Å². The maximum absolute atomic E-state index is 12.9. The van der Waals surface area contributed by atoms with Crippen molar-refractivity contribution >= 4 is 51.9 Å². The fraction of sp³-hybridized carbons (Fsp3) is 0.484. The van der Waals surface area contributed by atoms with E-state index in [-0.39, 0.29) is 30.6 Å². The average molecular weight is 638 g/mol. The van der Waals surface area contributed by atoms with Crippen LogP contribution in [0.4, 0.5) is 27.4 Å². The Labute approximate surface area is 266 Å². The third kappa shape index (κ3) is 8.05. The number of hydrogen-bond donors (Lipinski definition) is 3. The Morgan fingerprint density at radius 1 is 0.956 bits per heavy atom. The molecule has 1 aromatic carbocycles. The van der Waals surface area contributed by atoms with Crippen LogP contribution in [0.25, 0.3) is 11.3 Å². The van der Waals surface area contributed by atoms with Gasteiger partial charge in [-0.15, -0.1) is 0 Å². The molecule has 2 aliphatic heterocycles. The molecule has 5 rings (SSSR count). The van der Waals surface area contributed by atoms with Crippen LogP contribution in [0.5, 0.6) is 0 Å². The van der Waals surface area contributed by atoms with Crippen LogP contribution in [0.2, 0.25) is 0 Å². The monoisotopic (exact) mass is 637 g/mol. The number of carbonyl (C=O) groups is 3. The lowest BCUT2D eigenvalue weighted by atomic mass is 9.97. The molecule has 0 bridgehead atoms. The van der Waals surface area contributed by atoms with Crippen molar-refractivity contribution in [3.63, 3.8) is 0 Å². The van der Waals surface area contributed by atoms with Gasteiger partial charge in [0.05, 0.1) is 36.6 Å². The lowest BCUT2D eigenvalue weighted by Gasteiger charge is -2.31. The summed E-state index contributed by atoms with van der Waals surface area (Å²) in [4.78, 5) is 55.4. The van der Waals surface area contributed by atoms with Crippen molar-refractivity contribution in [1.29, 1.82) is 0 Å². The number of urea groups is 1. The number of nitrogens with zero attached hydrogens (tertiary/aromatic N) is 5. The first-order valence-corrected chi connectivity index (χ1v) is 16.1. The van der Waals surface area contributed by atoms with Gasteiger partial charge in [0.25, 0.3) is 0 Å². The Morgan fingerprint density at radius 3 is 2.31 bits per heavy atom. The first kappa shape index (κ1) is 32.1. The van der Waals surface area contributed by atoms with Crippen LogP contribution in [0, 0.1) is 12.8 Å². The van der Waals surface area contributed by atoms with E-state index in [4.69, 9.17) is 19.4 Å². The number of piperidine rings is 2. The number of benzene rings is 1. The van der Waals surface area contributed by atoms with Crippen LogP contribution in [-0.2, 0) is 14.3 Å². The Balaban J connectivity index is 1.31. The van der Waals surface area contributed by atoms with Gasteiger partial charge in [0.15, 0.2) is 5.13 Å². The van der Waals surface area contributed by atoms with Crippen LogP contribution < -0.4 is 15.5 Å². The molecule has 2 amide bonds. The number of amides is 2. The minimum atomic E-state index is -0.420. The molecular formula is C31H39N7O6S. The van der Waals surface area contributed by atoms with Gasteiger partial charge in [-0.25, -0.2) is 19.6 Å². The number of aliphatic hydroxyl groups is 1. The quantitative estimate of drug-likeness (QED) is 0.282. The summed E-state index contributed by atoms with van der Waals surface area (Å²) in [6, 6.07) is 9.09. The van der Waals surface area contributed by atoms with Gasteiger partial charge in [0, 0.05) is 43.5 Å². The molecule has 0 aliphatic carbocycles. The molecule has 2 aliphatic rings. The number of anilines is 4. The van der Waals surface area contributed by atoms with Crippen molar-refractivity contribution < 1.29 is 29.0 Å². The van der Waals surface area contributed by atoms with Gasteiger partial charge in [0.2, 0.25) is 5.95 Å². The van der Waals surface area contributed by atoms with E-state index in [0.717, 1.165) is 5.56 Å². The number of aromatic nitrogens is 3. The highest BCUT2D eigenvalue weighted by molar-refractivity contribution is 7.17. The third-order valence-electron chi connectivity index (χ3n) is 7.81. The number of likely N-dealkylation sites (tertiary alicyclic amines) is 1. The minimum Gasteiger partial charge on any atom is -0.466 e. The number of ether oxygens (including phenoxy) is 2. The molecule has 0 atom stereocenters. The third-order valence-corrected chi connectivity index (χ3v) is 8.86. The first-order valence-electron chi connectivity index (χ1n) is 15.3. The number of aliphatic hydroxyl groups excluding tert-OH is 1. The molecule has 0 radical (unpaired) electrons. The van der Waals surface area contributed by atoms with E-state index in [2.05, 4.69) is 20.5 Å². The summed E-state index contributed by atoms with van der Waals surface area (Å²) in [5, 5.41) is 16.6. The van der Waals surface area contributed by atoms with E-state index in [9.17, 15) is 19.5 Å². The zero-order valence-corrected chi connectivity index (χ0v) is 26.6. The summed E-state index contributed by atoms with van der Waals surface area (Å²) in [5.41, 5.74) is 2.67. The zero-order chi connectivity index (χ0) is 31.9. The lowest BCUT2D eigenvalue weighted by Crippen LogP contribution is -2.42. The van der Waals surface area contributed by atoms with E-state index in [1.807, 2.05) is 30.3 Å². The Kier molecular flexibility index (Phi) is 10.5. The smallest absolute Gasteiger partial charge is 0.350 e. The van der Waals surface area contributed by atoms with Crippen LogP contribution in [0.15, 0.2) is 30.3 Å². The predicted octanol–water partition coefficient (Wildman–Crippen LogP) is 4.60. The molecule has 3 aromatic rings. The van der Waals surface area contributed by atoms with E-state index >= 15 is 0 Å². The maximum atomic E-state index is 12.9. The van der Waals surface area contributed by atoms with Crippen LogP contribution >= 0.6 is 11.3 Å². The number of thiazole rings is 1. The summed E-state index contributed by atoms with van der Waals surface area (Å²) in [7, 11) is 0. The van der Waals surface area contributed by atoms with Gasteiger partial charge in [-0.05, 0) is 58.6 Å². The zero-order valence-electron chi connectivity index (χ0n) is 25.7. The van der Waals surface area contributed by atoms with Gasteiger partial charge < -0.3 is 29.7 Å². The molecule has 0 spiro atoms. The largest absolute Gasteiger partial charge is 0.466 e. The van der Waals surface area contributed by atoms with E-state index in [0.29, 0.717) is 97.3 Å². The number of esters is 2. The Bertz CT molecular complexity index is 1500. The molecule has 2 saturated heterocycles. The minimum absolute atomic E-state index is 0.167. The molecule has 45 heavy (non-hydrogen) atoms. The molecule has 2 aromatic heterocycles. The summed E-state index contributed by atoms with van der Waals surface area (Å²) >= 11 is 1.18. The lowest BCUT2D eigenvalue weighted by molar-refractivity contribution is -0.149. The van der Waals surface area contributed by atoms with Crippen LogP contribution in [0.1, 0.15) is 54.9 Å². The highest BCUT2D eigenvalue weighted by Crippen LogP contribution is 2.30. The molecule has 13 nitrogen and oxygen atoms in total. The summed E-state index contributed by atoms with van der Waals surface area (Å²) in [5.74, 6) is 0.245. The highest BCUT2D eigenvalue weighted by Gasteiger charge is 2.28. The molecule has 0 unspecified atom stereocenters. The van der Waals surface area contributed by atoms with Gasteiger partial charge >= 0.3 is 18.0 Å². The standard InChI is InChI=1S/C31H39N7O6S/c1-4-43-27(40)21-10-14-38(15-11-21)31(42)33-22-8-6-20(7-9-22)24-18-25(37-16-12-23(39)13-17-37)35-29(34-24)36-30-32-19(3)26(45-30)28(41)44-5-2/h6-9,18,21,23,39H,4-5,10-17H2,1-3H3,(H,33,42)(H,32,34,35,36). The molecule has 0 saturated carbocycles.